The van der Waals surface area contributed by atoms with Crippen LogP contribution in [0, 0.1) is 46.3 Å². The number of hydrogen-bond donors (Lipinski definition) is 2. The molecule has 3 heteroatoms. The minimum atomic E-state index is -0.390. The predicted molar refractivity (Wildman–Crippen MR) is 127 cm³/mol. The Bertz CT molecular complexity index is 707. The fraction of sp³-hybridized carbons (Fsp3) is 0.821. The van der Waals surface area contributed by atoms with Gasteiger partial charge in [-0.3, -0.25) is 4.79 Å². The zero-order chi connectivity index (χ0) is 23.0. The summed E-state index contributed by atoms with van der Waals surface area (Å²) in [6.07, 6.45) is 12.7. The quantitative estimate of drug-likeness (QED) is 0.491. The predicted octanol–water partition coefficient (Wildman–Crippen LogP) is 5.95. The number of rotatable bonds is 7. The molecule has 2 N–H and O–H groups in total. The van der Waals surface area contributed by atoms with Gasteiger partial charge in [0, 0.05) is 17.9 Å². The fourth-order valence-electron chi connectivity index (χ4n) is 7.06. The summed E-state index contributed by atoms with van der Waals surface area (Å²) in [5.41, 5.74) is 0.763. The van der Waals surface area contributed by atoms with Crippen LogP contribution in [0.25, 0.3) is 0 Å². The molecule has 2 saturated carbocycles. The number of aliphatic hydroxyl groups excluding tert-OH is 2. The molecule has 176 valence electrons. The van der Waals surface area contributed by atoms with E-state index in [2.05, 4.69) is 59.8 Å². The number of carbonyl (C=O) groups is 1. The van der Waals surface area contributed by atoms with Crippen molar-refractivity contribution in [3.63, 3.8) is 0 Å². The molecule has 0 heterocycles. The highest BCUT2D eigenvalue weighted by molar-refractivity contribution is 5.91. The lowest BCUT2D eigenvalue weighted by Crippen LogP contribution is -2.47. The van der Waals surface area contributed by atoms with Gasteiger partial charge in [-0.25, -0.2) is 0 Å². The lowest BCUT2D eigenvalue weighted by molar-refractivity contribution is -0.136. The van der Waals surface area contributed by atoms with Crippen LogP contribution in [-0.2, 0) is 4.79 Å². The van der Waals surface area contributed by atoms with E-state index >= 15 is 0 Å². The lowest BCUT2D eigenvalue weighted by Gasteiger charge is -2.47. The Morgan fingerprint density at radius 2 is 1.84 bits per heavy atom. The minimum absolute atomic E-state index is 0.0181. The largest absolute Gasteiger partial charge is 0.396 e. The third-order valence-corrected chi connectivity index (χ3v) is 9.66. The molecule has 3 aliphatic carbocycles. The van der Waals surface area contributed by atoms with Crippen LogP contribution in [0.5, 0.6) is 0 Å². The van der Waals surface area contributed by atoms with Crippen molar-refractivity contribution in [3.05, 3.63) is 23.8 Å². The maximum Gasteiger partial charge on any atom is 0.146 e. The molecular weight excluding hydrogens is 384 g/mol. The van der Waals surface area contributed by atoms with Crippen LogP contribution >= 0.6 is 0 Å². The van der Waals surface area contributed by atoms with E-state index < -0.39 is 5.41 Å². The first kappa shape index (κ1) is 24.7. The van der Waals surface area contributed by atoms with E-state index in [1.165, 1.54) is 5.57 Å². The first-order chi connectivity index (χ1) is 14.5. The van der Waals surface area contributed by atoms with E-state index in [0.717, 1.165) is 38.5 Å². The Morgan fingerprint density at radius 1 is 1.13 bits per heavy atom. The Hall–Kier alpha value is -0.930. The van der Waals surface area contributed by atoms with Crippen molar-refractivity contribution < 1.29 is 15.0 Å². The van der Waals surface area contributed by atoms with Gasteiger partial charge in [0.15, 0.2) is 0 Å². The topological polar surface area (TPSA) is 57.5 Å². The fourth-order valence-corrected chi connectivity index (χ4v) is 7.06. The van der Waals surface area contributed by atoms with Crippen LogP contribution in [0.15, 0.2) is 23.8 Å². The third kappa shape index (κ3) is 4.60. The summed E-state index contributed by atoms with van der Waals surface area (Å²) >= 11 is 0. The molecule has 3 rings (SSSR count). The van der Waals surface area contributed by atoms with Crippen LogP contribution in [0.3, 0.4) is 0 Å². The second-order valence-electron chi connectivity index (χ2n) is 11.8. The summed E-state index contributed by atoms with van der Waals surface area (Å²) in [4.78, 5) is 13.8. The zero-order valence-corrected chi connectivity index (χ0v) is 20.7. The van der Waals surface area contributed by atoms with E-state index in [1.54, 1.807) is 0 Å². The molecule has 0 aliphatic heterocycles. The maximum atomic E-state index is 13.8. The molecule has 3 aliphatic rings. The number of fused-ring (bicyclic) bond motifs is 1. The molecule has 0 spiro atoms. The van der Waals surface area contributed by atoms with E-state index in [0.29, 0.717) is 41.8 Å². The monoisotopic (exact) mass is 430 g/mol. The number of hydrogen-bond acceptors (Lipinski definition) is 3. The highest BCUT2D eigenvalue weighted by atomic mass is 16.3. The standard InChI is InChI=1S/C28H46O3/c1-18(2)19(3)7-8-20(4)24-11-12-25(28(24,6)15-16-29)23-10-9-21-17-22(30)13-14-27(21,5)26(23)31/h7-9,18-20,22-25,29-30H,10-17H2,1-6H3/b8-7+/t19-,20+,22-,23-,24+,25-,27-,28+/m0/s1. The molecule has 0 aromatic rings. The number of Topliss-reactive ketones (excluding diaryl/α,β-unsaturated/α-hetero) is 1. The van der Waals surface area contributed by atoms with E-state index in [1.807, 2.05) is 0 Å². The second-order valence-corrected chi connectivity index (χ2v) is 11.8. The molecule has 0 aromatic carbocycles. The van der Waals surface area contributed by atoms with Gasteiger partial charge in [0.05, 0.1) is 6.10 Å². The van der Waals surface area contributed by atoms with E-state index in [9.17, 15) is 15.0 Å². The van der Waals surface area contributed by atoms with Gasteiger partial charge in [-0.05, 0) is 86.9 Å². The molecule has 8 atom stereocenters. The van der Waals surface area contributed by atoms with Crippen LogP contribution in [0.1, 0.15) is 86.5 Å². The van der Waals surface area contributed by atoms with E-state index in [4.69, 9.17) is 0 Å². The third-order valence-electron chi connectivity index (χ3n) is 9.66. The normalized spacial score (nSPS) is 40.8. The van der Waals surface area contributed by atoms with Crippen molar-refractivity contribution in [2.75, 3.05) is 6.61 Å². The van der Waals surface area contributed by atoms with Crippen LogP contribution in [-0.4, -0.2) is 28.7 Å². The molecule has 0 radical (unpaired) electrons. The molecule has 0 bridgehead atoms. The van der Waals surface area contributed by atoms with Crippen molar-refractivity contribution in [1.82, 2.24) is 0 Å². The Labute approximate surface area is 190 Å². The van der Waals surface area contributed by atoms with Crippen molar-refractivity contribution >= 4 is 5.78 Å². The maximum absolute atomic E-state index is 13.8. The second kappa shape index (κ2) is 9.51. The molecule has 31 heavy (non-hydrogen) atoms. The zero-order valence-electron chi connectivity index (χ0n) is 20.7. The molecule has 0 aromatic heterocycles. The van der Waals surface area contributed by atoms with Gasteiger partial charge < -0.3 is 10.2 Å². The van der Waals surface area contributed by atoms with Gasteiger partial charge in [-0.2, -0.15) is 0 Å². The summed E-state index contributed by atoms with van der Waals surface area (Å²) in [6, 6.07) is 0. The van der Waals surface area contributed by atoms with Crippen LogP contribution in [0.4, 0.5) is 0 Å². The molecule has 0 unspecified atom stereocenters. The van der Waals surface area contributed by atoms with Gasteiger partial charge >= 0.3 is 0 Å². The van der Waals surface area contributed by atoms with Crippen molar-refractivity contribution in [3.8, 4) is 0 Å². The number of aliphatic hydroxyl groups is 2. The van der Waals surface area contributed by atoms with Crippen molar-refractivity contribution in [2.45, 2.75) is 92.6 Å². The molecule has 0 amide bonds. The van der Waals surface area contributed by atoms with Crippen molar-refractivity contribution in [1.29, 1.82) is 0 Å². The number of carbonyl (C=O) groups excluding carboxylic acids is 1. The van der Waals surface area contributed by atoms with E-state index in [-0.39, 0.29) is 24.0 Å². The molecular formula is C28H46O3. The van der Waals surface area contributed by atoms with Crippen molar-refractivity contribution in [2.24, 2.45) is 46.3 Å². The highest BCUT2D eigenvalue weighted by Gasteiger charge is 2.55. The highest BCUT2D eigenvalue weighted by Crippen LogP contribution is 2.59. The number of ketones is 1. The summed E-state index contributed by atoms with van der Waals surface area (Å²) in [6.45, 7) is 13.8. The minimum Gasteiger partial charge on any atom is -0.396 e. The van der Waals surface area contributed by atoms with Gasteiger partial charge in [-0.1, -0.05) is 58.4 Å². The van der Waals surface area contributed by atoms with Crippen LogP contribution < -0.4 is 0 Å². The molecule has 0 saturated heterocycles. The molecule has 3 nitrogen and oxygen atoms in total. The summed E-state index contributed by atoms with van der Waals surface area (Å²) in [5, 5.41) is 20.1. The molecule has 2 fully saturated rings. The van der Waals surface area contributed by atoms with Gasteiger partial charge in [-0.15, -0.1) is 0 Å². The smallest absolute Gasteiger partial charge is 0.146 e. The SMILES string of the molecule is CC(C)[C@@H](C)/C=C/[C@@H](C)[C@H]1CC[C@@H]([C@@H]2CC=C3C[C@@H](O)CC[C@]3(C)C2=O)[C@]1(C)CCO. The summed E-state index contributed by atoms with van der Waals surface area (Å²) < 4.78 is 0. The lowest BCUT2D eigenvalue weighted by atomic mass is 9.56. The summed E-state index contributed by atoms with van der Waals surface area (Å²) in [5.74, 6) is 2.94. The first-order valence-corrected chi connectivity index (χ1v) is 12.8. The Balaban J connectivity index is 1.84. The number of allylic oxidation sites excluding steroid dienone is 3. The Kier molecular flexibility index (Phi) is 7.58. The van der Waals surface area contributed by atoms with Gasteiger partial charge in [0.2, 0.25) is 0 Å². The first-order valence-electron chi connectivity index (χ1n) is 12.8. The van der Waals surface area contributed by atoms with Crippen LogP contribution in [0.2, 0.25) is 0 Å². The summed E-state index contributed by atoms with van der Waals surface area (Å²) in [7, 11) is 0. The average molecular weight is 431 g/mol. The Morgan fingerprint density at radius 3 is 2.48 bits per heavy atom. The average Bonchev–Trinajstić information content (AvgIpc) is 3.04. The van der Waals surface area contributed by atoms with Gasteiger partial charge in [0.1, 0.15) is 5.78 Å². The van der Waals surface area contributed by atoms with Gasteiger partial charge in [0.25, 0.3) is 0 Å².